The highest BCUT2D eigenvalue weighted by Gasteiger charge is 2.35. The topological polar surface area (TPSA) is 86.8 Å². The lowest BCUT2D eigenvalue weighted by Crippen LogP contribution is -2.51. The third-order valence-corrected chi connectivity index (χ3v) is 7.29. The zero-order valence-electron chi connectivity index (χ0n) is 19.4. The molecule has 0 aliphatic heterocycles. The lowest BCUT2D eigenvalue weighted by Gasteiger charge is -2.31. The Morgan fingerprint density at radius 1 is 1.03 bits per heavy atom. The Morgan fingerprint density at radius 2 is 1.64 bits per heavy atom. The van der Waals surface area contributed by atoms with Gasteiger partial charge in [0.15, 0.2) is 0 Å². The number of carbonyl (C=O) groups is 2. The summed E-state index contributed by atoms with van der Waals surface area (Å²) in [5.74, 6) is -1.35. The summed E-state index contributed by atoms with van der Waals surface area (Å²) in [6, 6.07) is 6.00. The van der Waals surface area contributed by atoms with E-state index < -0.39 is 56.9 Å². The number of nitrogens with zero attached hydrogens (tertiary/aromatic N) is 2. The number of benzene rings is 2. The third kappa shape index (κ3) is 7.64. The summed E-state index contributed by atoms with van der Waals surface area (Å²) in [7, 11) is -4.23. The van der Waals surface area contributed by atoms with Gasteiger partial charge in [0, 0.05) is 13.1 Å². The maximum Gasteiger partial charge on any atom is 0.417 e. The van der Waals surface area contributed by atoms with Gasteiger partial charge in [0.2, 0.25) is 21.8 Å². The van der Waals surface area contributed by atoms with Crippen molar-refractivity contribution < 1.29 is 31.2 Å². The smallest absolute Gasteiger partial charge is 0.355 e. The van der Waals surface area contributed by atoms with Crippen LogP contribution in [0, 0.1) is 0 Å². The number of carbonyl (C=O) groups excluding carboxylic acids is 2. The first-order valence-electron chi connectivity index (χ1n) is 10.4. The van der Waals surface area contributed by atoms with Crippen molar-refractivity contribution in [3.05, 3.63) is 62.6 Å². The van der Waals surface area contributed by atoms with Crippen LogP contribution in [0.25, 0.3) is 0 Å². The number of hydrogen-bond acceptors (Lipinski definition) is 4. The van der Waals surface area contributed by atoms with E-state index in [1.807, 2.05) is 0 Å². The first-order chi connectivity index (χ1) is 16.6. The Labute approximate surface area is 222 Å². The van der Waals surface area contributed by atoms with Gasteiger partial charge in [-0.3, -0.25) is 13.9 Å². The van der Waals surface area contributed by atoms with E-state index in [2.05, 4.69) is 5.32 Å². The number of amides is 2. The van der Waals surface area contributed by atoms with Crippen LogP contribution in [-0.2, 0) is 32.3 Å². The van der Waals surface area contributed by atoms with Gasteiger partial charge in [-0.2, -0.15) is 13.2 Å². The minimum atomic E-state index is -4.85. The van der Waals surface area contributed by atoms with Crippen molar-refractivity contribution in [1.29, 1.82) is 0 Å². The van der Waals surface area contributed by atoms with E-state index in [1.54, 1.807) is 13.0 Å². The lowest BCUT2D eigenvalue weighted by atomic mass is 10.1. The second kappa shape index (κ2) is 11.9. The average Bonchev–Trinajstić information content (AvgIpc) is 2.76. The van der Waals surface area contributed by atoms with Crippen LogP contribution in [0.2, 0.25) is 15.1 Å². The molecule has 198 valence electrons. The fourth-order valence-electron chi connectivity index (χ4n) is 3.24. The van der Waals surface area contributed by atoms with Crippen molar-refractivity contribution in [2.45, 2.75) is 32.6 Å². The molecule has 2 aromatic carbocycles. The largest absolute Gasteiger partial charge is 0.417 e. The summed E-state index contributed by atoms with van der Waals surface area (Å²) < 4.78 is 65.6. The second-order valence-corrected chi connectivity index (χ2v) is 10.9. The van der Waals surface area contributed by atoms with Crippen molar-refractivity contribution in [2.75, 3.05) is 23.7 Å². The van der Waals surface area contributed by atoms with Crippen LogP contribution in [0.5, 0.6) is 0 Å². The molecule has 7 nitrogen and oxygen atoms in total. The van der Waals surface area contributed by atoms with Crippen LogP contribution < -0.4 is 9.62 Å². The highest BCUT2D eigenvalue weighted by molar-refractivity contribution is 7.92. The van der Waals surface area contributed by atoms with Gasteiger partial charge in [-0.25, -0.2) is 8.42 Å². The summed E-state index contributed by atoms with van der Waals surface area (Å²) in [6.45, 7) is 2.37. The first-order valence-corrected chi connectivity index (χ1v) is 13.4. The third-order valence-electron chi connectivity index (χ3n) is 5.08. The summed E-state index contributed by atoms with van der Waals surface area (Å²) in [5, 5.41) is 2.42. The van der Waals surface area contributed by atoms with Crippen molar-refractivity contribution in [2.24, 2.45) is 0 Å². The molecule has 14 heteroatoms. The van der Waals surface area contributed by atoms with E-state index in [0.717, 1.165) is 23.3 Å². The van der Waals surface area contributed by atoms with Crippen LogP contribution in [0.15, 0.2) is 36.4 Å². The summed E-state index contributed by atoms with van der Waals surface area (Å²) in [4.78, 5) is 27.0. The molecule has 2 rings (SSSR count). The van der Waals surface area contributed by atoms with Gasteiger partial charge < -0.3 is 10.2 Å². The van der Waals surface area contributed by atoms with Gasteiger partial charge in [-0.05, 0) is 49.7 Å². The van der Waals surface area contributed by atoms with Crippen LogP contribution in [-0.4, -0.2) is 50.5 Å². The van der Waals surface area contributed by atoms with Crippen LogP contribution in [0.3, 0.4) is 0 Å². The Balaban J connectivity index is 2.49. The van der Waals surface area contributed by atoms with Crippen molar-refractivity contribution >= 4 is 62.3 Å². The number of nitrogens with one attached hydrogen (secondary N) is 1. The number of halogens is 6. The molecule has 0 fully saturated rings. The normalized spacial score (nSPS) is 12.7. The molecule has 0 saturated heterocycles. The minimum absolute atomic E-state index is 0.153. The van der Waals surface area contributed by atoms with Crippen LogP contribution in [0.4, 0.5) is 18.9 Å². The number of hydrogen-bond donors (Lipinski definition) is 1. The van der Waals surface area contributed by atoms with Crippen LogP contribution >= 0.6 is 34.8 Å². The summed E-state index contributed by atoms with van der Waals surface area (Å²) in [5.41, 5.74) is -1.18. The van der Waals surface area contributed by atoms with E-state index in [1.165, 1.54) is 19.1 Å². The molecule has 0 unspecified atom stereocenters. The van der Waals surface area contributed by atoms with E-state index in [9.17, 15) is 31.2 Å². The molecule has 36 heavy (non-hydrogen) atoms. The molecule has 0 bridgehead atoms. The Morgan fingerprint density at radius 3 is 2.17 bits per heavy atom. The highest BCUT2D eigenvalue weighted by atomic mass is 35.5. The predicted octanol–water partition coefficient (Wildman–Crippen LogP) is 4.99. The van der Waals surface area contributed by atoms with E-state index in [-0.39, 0.29) is 23.1 Å². The first kappa shape index (κ1) is 30.0. The lowest BCUT2D eigenvalue weighted by molar-refractivity contribution is -0.139. The zero-order valence-corrected chi connectivity index (χ0v) is 22.5. The van der Waals surface area contributed by atoms with E-state index >= 15 is 0 Å². The molecule has 2 aromatic rings. The Bertz CT molecular complexity index is 1240. The van der Waals surface area contributed by atoms with E-state index in [0.29, 0.717) is 15.9 Å². The van der Waals surface area contributed by atoms with Crippen molar-refractivity contribution in [3.63, 3.8) is 0 Å². The molecule has 2 amide bonds. The molecular formula is C22H23Cl3F3N3O4S. The maximum atomic E-state index is 13.4. The summed E-state index contributed by atoms with van der Waals surface area (Å²) in [6.07, 6.45) is -4.11. The Hall–Kier alpha value is -2.21. The minimum Gasteiger partial charge on any atom is -0.355 e. The van der Waals surface area contributed by atoms with Gasteiger partial charge >= 0.3 is 6.18 Å². The number of sulfonamides is 1. The van der Waals surface area contributed by atoms with Crippen molar-refractivity contribution in [1.82, 2.24) is 10.2 Å². The van der Waals surface area contributed by atoms with Gasteiger partial charge in [-0.15, -0.1) is 0 Å². The fraction of sp³-hybridized carbons (Fsp3) is 0.364. The van der Waals surface area contributed by atoms with Crippen molar-refractivity contribution in [3.8, 4) is 0 Å². The van der Waals surface area contributed by atoms with Gasteiger partial charge in [0.1, 0.15) is 12.6 Å². The monoisotopic (exact) mass is 587 g/mol. The van der Waals surface area contributed by atoms with Gasteiger partial charge in [0.05, 0.1) is 32.6 Å². The molecule has 0 aliphatic rings. The quantitative estimate of drug-likeness (QED) is 0.448. The molecule has 0 heterocycles. The second-order valence-electron chi connectivity index (χ2n) is 7.77. The molecule has 1 atom stereocenters. The standard InChI is InChI=1S/C22H23Cl3F3N3O4S/c1-4-29-21(33)13(2)30(11-14-5-7-18(24)19(25)9-14)20(32)12-31(36(3,34)35)15-6-8-17(23)16(10-15)22(26,27)28/h5-10,13H,4,11-12H2,1-3H3,(H,29,33)/t13-/m1/s1. The maximum absolute atomic E-state index is 13.4. The van der Waals surface area contributed by atoms with Gasteiger partial charge in [0.25, 0.3) is 0 Å². The number of likely N-dealkylation sites (N-methyl/N-ethyl adjacent to an activating group) is 1. The highest BCUT2D eigenvalue weighted by Crippen LogP contribution is 2.37. The average molecular weight is 589 g/mol. The molecule has 0 aromatic heterocycles. The molecule has 0 aliphatic carbocycles. The number of rotatable bonds is 9. The molecule has 0 radical (unpaired) electrons. The number of anilines is 1. The predicted molar refractivity (Wildman–Crippen MR) is 134 cm³/mol. The molecule has 0 spiro atoms. The Kier molecular flexibility index (Phi) is 9.91. The number of alkyl halides is 3. The fourth-order valence-corrected chi connectivity index (χ4v) is 4.63. The van der Waals surface area contributed by atoms with Crippen LogP contribution in [0.1, 0.15) is 25.0 Å². The SMILES string of the molecule is CCNC(=O)[C@@H](C)N(Cc1ccc(Cl)c(Cl)c1)C(=O)CN(c1ccc(Cl)c(C(F)(F)F)c1)S(C)(=O)=O. The van der Waals surface area contributed by atoms with E-state index in [4.69, 9.17) is 34.8 Å². The zero-order chi connectivity index (χ0) is 27.4. The summed E-state index contributed by atoms with van der Waals surface area (Å²) >= 11 is 17.6. The van der Waals surface area contributed by atoms with Gasteiger partial charge in [-0.1, -0.05) is 40.9 Å². The molecule has 1 N–H and O–H groups in total. The molecule has 0 saturated carbocycles. The molecular weight excluding hydrogens is 566 g/mol.